The third kappa shape index (κ3) is 3.96. The van der Waals surface area contributed by atoms with Crippen molar-refractivity contribution in [3.63, 3.8) is 0 Å². The fourth-order valence-electron chi connectivity index (χ4n) is 6.21. The van der Waals surface area contributed by atoms with E-state index >= 15 is 0 Å². The number of nitrogens with one attached hydrogen (secondary N) is 1. The van der Waals surface area contributed by atoms with Crippen LogP contribution in [0.2, 0.25) is 5.02 Å². The van der Waals surface area contributed by atoms with Crippen LogP contribution in [0.5, 0.6) is 0 Å². The van der Waals surface area contributed by atoms with Crippen molar-refractivity contribution in [3.05, 3.63) is 118 Å². The Labute approximate surface area is 241 Å². The van der Waals surface area contributed by atoms with E-state index in [9.17, 15) is 14.7 Å². The molecule has 4 aromatic carbocycles. The summed E-state index contributed by atoms with van der Waals surface area (Å²) in [5, 5.41) is 17.4. The Morgan fingerprint density at radius 1 is 0.976 bits per heavy atom. The first-order valence-corrected chi connectivity index (χ1v) is 13.7. The molecule has 1 amide bonds. The largest absolute Gasteiger partial charge is 0.478 e. The summed E-state index contributed by atoms with van der Waals surface area (Å²) >= 11 is 6.78. The highest BCUT2D eigenvalue weighted by molar-refractivity contribution is 6.34. The Hall–Kier alpha value is -4.75. The van der Waals surface area contributed by atoms with Gasteiger partial charge in [-0.1, -0.05) is 54.1 Å². The fourth-order valence-corrected chi connectivity index (χ4v) is 6.49. The fraction of sp³-hybridized carbons (Fsp3) is 0.152. The zero-order valence-electron chi connectivity index (χ0n) is 22.4. The number of anilines is 1. The van der Waals surface area contributed by atoms with E-state index in [0.717, 1.165) is 50.3 Å². The molecule has 7 rings (SSSR count). The third-order valence-corrected chi connectivity index (χ3v) is 8.81. The lowest BCUT2D eigenvalue weighted by molar-refractivity contribution is -0.118. The standard InChI is InChI=1S/C33H25ClN4O3/c1-18-3-4-22(12-25(18)31(39)40)28-15-33(28)27-13-26(29(34)14-30(27)37-32(33)41)21-7-10-24(19(2)11-21)20-5-8-23(9-6-20)38-17-35-16-36-38/h3-14,16-17,28H,15H2,1-2H3,(H,37,41)(H,39,40). The number of benzene rings is 4. The molecule has 1 aliphatic heterocycles. The van der Waals surface area contributed by atoms with Crippen molar-refractivity contribution in [2.75, 3.05) is 5.32 Å². The third-order valence-electron chi connectivity index (χ3n) is 8.50. The van der Waals surface area contributed by atoms with Gasteiger partial charge < -0.3 is 10.4 Å². The first-order chi connectivity index (χ1) is 19.8. The first-order valence-electron chi connectivity index (χ1n) is 13.3. The minimum Gasteiger partial charge on any atom is -0.478 e. The summed E-state index contributed by atoms with van der Waals surface area (Å²) in [5.41, 5.74) is 8.80. The molecule has 0 bridgehead atoms. The van der Waals surface area contributed by atoms with Gasteiger partial charge in [0, 0.05) is 17.2 Å². The number of aromatic nitrogens is 3. The Morgan fingerprint density at radius 2 is 1.76 bits per heavy atom. The molecule has 2 N–H and O–H groups in total. The molecule has 0 radical (unpaired) electrons. The van der Waals surface area contributed by atoms with Gasteiger partial charge in [-0.25, -0.2) is 14.5 Å². The van der Waals surface area contributed by atoms with Crippen molar-refractivity contribution >= 4 is 29.2 Å². The van der Waals surface area contributed by atoms with E-state index in [1.165, 1.54) is 6.33 Å². The molecule has 2 unspecified atom stereocenters. The van der Waals surface area contributed by atoms with Gasteiger partial charge in [0.1, 0.15) is 12.7 Å². The van der Waals surface area contributed by atoms with Crippen molar-refractivity contribution in [1.82, 2.24) is 14.8 Å². The van der Waals surface area contributed by atoms with Gasteiger partial charge in [-0.3, -0.25) is 4.79 Å². The van der Waals surface area contributed by atoms with Gasteiger partial charge in [-0.2, -0.15) is 5.10 Å². The minimum atomic E-state index is -0.964. The van der Waals surface area contributed by atoms with Gasteiger partial charge in [0.2, 0.25) is 5.91 Å². The van der Waals surface area contributed by atoms with Crippen LogP contribution in [-0.4, -0.2) is 31.7 Å². The molecule has 2 atom stereocenters. The van der Waals surface area contributed by atoms with E-state index in [0.29, 0.717) is 17.0 Å². The number of amides is 1. The molecule has 1 fully saturated rings. The number of hydrogen-bond acceptors (Lipinski definition) is 4. The molecule has 1 aliphatic carbocycles. The van der Waals surface area contributed by atoms with Crippen LogP contribution in [0.25, 0.3) is 27.9 Å². The highest BCUT2D eigenvalue weighted by Crippen LogP contribution is 2.65. The van der Waals surface area contributed by atoms with E-state index < -0.39 is 11.4 Å². The maximum atomic E-state index is 13.3. The van der Waals surface area contributed by atoms with Gasteiger partial charge in [-0.15, -0.1) is 0 Å². The molecule has 2 aliphatic rings. The number of halogens is 1. The van der Waals surface area contributed by atoms with Crippen molar-refractivity contribution in [3.8, 4) is 27.9 Å². The van der Waals surface area contributed by atoms with E-state index in [1.807, 2.05) is 36.4 Å². The predicted octanol–water partition coefficient (Wildman–Crippen LogP) is 6.95. The van der Waals surface area contributed by atoms with Crippen LogP contribution < -0.4 is 5.32 Å². The summed E-state index contributed by atoms with van der Waals surface area (Å²) in [4.78, 5) is 29.1. The Morgan fingerprint density at radius 3 is 2.46 bits per heavy atom. The lowest BCUT2D eigenvalue weighted by Crippen LogP contribution is -2.21. The maximum Gasteiger partial charge on any atom is 0.335 e. The summed E-state index contributed by atoms with van der Waals surface area (Å²) in [7, 11) is 0. The molecule has 0 saturated heterocycles. The quantitative estimate of drug-likeness (QED) is 0.242. The second-order valence-corrected chi connectivity index (χ2v) is 11.3. The number of rotatable bonds is 5. The molecule has 1 aromatic heterocycles. The van der Waals surface area contributed by atoms with Crippen molar-refractivity contribution in [2.24, 2.45) is 0 Å². The number of hydrogen-bond donors (Lipinski definition) is 2. The van der Waals surface area contributed by atoms with E-state index in [2.05, 4.69) is 52.7 Å². The topological polar surface area (TPSA) is 97.1 Å². The molecule has 2 heterocycles. The van der Waals surface area contributed by atoms with E-state index in [1.54, 1.807) is 24.0 Å². The highest BCUT2D eigenvalue weighted by atomic mass is 35.5. The molecule has 202 valence electrons. The molecule has 5 aromatic rings. The summed E-state index contributed by atoms with van der Waals surface area (Å²) in [6, 6.07) is 23.7. The number of fused-ring (bicyclic) bond motifs is 2. The van der Waals surface area contributed by atoms with Crippen LogP contribution in [-0.2, 0) is 10.2 Å². The normalized spacial score (nSPS) is 18.8. The number of carboxylic acids is 1. The average Bonchev–Trinajstić information content (AvgIpc) is 3.34. The smallest absolute Gasteiger partial charge is 0.335 e. The molecule has 7 nitrogen and oxygen atoms in total. The van der Waals surface area contributed by atoms with Crippen LogP contribution in [0.4, 0.5) is 5.69 Å². The summed E-state index contributed by atoms with van der Waals surface area (Å²) in [6.45, 7) is 3.86. The lowest BCUT2D eigenvalue weighted by atomic mass is 9.88. The molecule has 8 heteroatoms. The average molecular weight is 561 g/mol. The van der Waals surface area contributed by atoms with Crippen LogP contribution in [0.1, 0.15) is 45.0 Å². The minimum absolute atomic E-state index is 0.0657. The molecule has 1 saturated carbocycles. The van der Waals surface area contributed by atoms with Crippen LogP contribution in [0.3, 0.4) is 0 Å². The van der Waals surface area contributed by atoms with Crippen molar-refractivity contribution in [2.45, 2.75) is 31.6 Å². The highest BCUT2D eigenvalue weighted by Gasteiger charge is 2.65. The molecular weight excluding hydrogens is 536 g/mol. The second kappa shape index (κ2) is 9.14. The van der Waals surface area contributed by atoms with E-state index in [-0.39, 0.29) is 17.4 Å². The maximum absolute atomic E-state index is 13.3. The van der Waals surface area contributed by atoms with E-state index in [4.69, 9.17) is 11.6 Å². The summed E-state index contributed by atoms with van der Waals surface area (Å²) in [5.74, 6) is -1.13. The molecular formula is C33H25ClN4O3. The van der Waals surface area contributed by atoms with Gasteiger partial charge in [0.15, 0.2) is 0 Å². The number of carbonyl (C=O) groups excluding carboxylic acids is 1. The Balaban J connectivity index is 1.23. The number of carbonyl (C=O) groups is 2. The molecule has 41 heavy (non-hydrogen) atoms. The monoisotopic (exact) mass is 560 g/mol. The first kappa shape index (κ1) is 25.2. The number of aryl methyl sites for hydroxylation is 2. The number of carboxylic acid groups (broad SMARTS) is 1. The Bertz CT molecular complexity index is 1880. The van der Waals surface area contributed by atoms with Crippen LogP contribution in [0.15, 0.2) is 85.5 Å². The summed E-state index contributed by atoms with van der Waals surface area (Å²) in [6.07, 6.45) is 3.80. The van der Waals surface area contributed by atoms with Gasteiger partial charge in [0.25, 0.3) is 0 Å². The Kier molecular flexibility index (Phi) is 5.63. The predicted molar refractivity (Wildman–Crippen MR) is 158 cm³/mol. The van der Waals surface area contributed by atoms with Gasteiger partial charge >= 0.3 is 5.97 Å². The number of aromatic carboxylic acids is 1. The van der Waals surface area contributed by atoms with Crippen molar-refractivity contribution in [1.29, 1.82) is 0 Å². The molecule has 1 spiro atoms. The second-order valence-electron chi connectivity index (χ2n) is 10.9. The SMILES string of the molecule is Cc1ccc(C2CC23C(=O)Nc2cc(Cl)c(-c4ccc(-c5ccc(-n6cncn6)cc5)c(C)c4)cc23)cc1C(=O)O. The zero-order valence-corrected chi connectivity index (χ0v) is 23.1. The van der Waals surface area contributed by atoms with Gasteiger partial charge in [0.05, 0.1) is 21.7 Å². The zero-order chi connectivity index (χ0) is 28.5. The number of nitrogens with zero attached hydrogens (tertiary/aromatic N) is 3. The van der Waals surface area contributed by atoms with Crippen LogP contribution >= 0.6 is 11.6 Å². The van der Waals surface area contributed by atoms with Crippen LogP contribution in [0, 0.1) is 13.8 Å². The lowest BCUT2D eigenvalue weighted by Gasteiger charge is -2.14. The van der Waals surface area contributed by atoms with Crippen molar-refractivity contribution < 1.29 is 14.7 Å². The summed E-state index contributed by atoms with van der Waals surface area (Å²) < 4.78 is 1.72. The van der Waals surface area contributed by atoms with Gasteiger partial charge in [-0.05, 0) is 89.5 Å².